The normalized spacial score (nSPS) is 14.9. The highest BCUT2D eigenvalue weighted by Crippen LogP contribution is 2.40. The van der Waals surface area contributed by atoms with Crippen molar-refractivity contribution in [2.24, 2.45) is 0 Å². The zero-order valence-corrected chi connectivity index (χ0v) is 20.0. The monoisotopic (exact) mass is 475 g/mol. The summed E-state index contributed by atoms with van der Waals surface area (Å²) in [6.07, 6.45) is 5.71. The van der Waals surface area contributed by atoms with Crippen molar-refractivity contribution in [3.05, 3.63) is 84.1 Å². The van der Waals surface area contributed by atoms with Crippen LogP contribution in [0.1, 0.15) is 23.9 Å². The summed E-state index contributed by atoms with van der Waals surface area (Å²) in [5.74, 6) is 1.62. The van der Waals surface area contributed by atoms with Gasteiger partial charge >= 0.3 is 0 Å². The van der Waals surface area contributed by atoms with E-state index in [1.54, 1.807) is 31.0 Å². The average molecular weight is 476 g/mol. The van der Waals surface area contributed by atoms with Gasteiger partial charge in [0.15, 0.2) is 0 Å². The summed E-state index contributed by atoms with van der Waals surface area (Å²) in [6, 6.07) is 18.8. The number of nitrogens with zero attached hydrogens (tertiary/aromatic N) is 3. The van der Waals surface area contributed by atoms with Gasteiger partial charge in [0.2, 0.25) is 0 Å². The molecule has 174 valence electrons. The fourth-order valence-corrected chi connectivity index (χ4v) is 4.83. The first-order valence-electron chi connectivity index (χ1n) is 11.2. The van der Waals surface area contributed by atoms with E-state index in [4.69, 9.17) is 14.5 Å². The number of thioether (sulfide) groups is 1. The van der Waals surface area contributed by atoms with E-state index in [-0.39, 0.29) is 11.9 Å². The summed E-state index contributed by atoms with van der Waals surface area (Å²) in [4.78, 5) is 9.44. The van der Waals surface area contributed by atoms with E-state index in [0.717, 1.165) is 57.5 Å². The van der Waals surface area contributed by atoms with Gasteiger partial charge in [0.1, 0.15) is 17.4 Å². The van der Waals surface area contributed by atoms with Crippen LogP contribution in [0.25, 0.3) is 22.5 Å². The Labute approximate surface area is 203 Å². The van der Waals surface area contributed by atoms with Gasteiger partial charge in [-0.15, -0.1) is 11.8 Å². The van der Waals surface area contributed by atoms with Crippen LogP contribution < -0.4 is 4.74 Å². The Balaban J connectivity index is 1.46. The lowest BCUT2D eigenvalue weighted by molar-refractivity contribution is 0.0925. The van der Waals surface area contributed by atoms with Crippen LogP contribution in [0.4, 0.5) is 4.39 Å². The van der Waals surface area contributed by atoms with Crippen molar-refractivity contribution < 1.29 is 13.9 Å². The van der Waals surface area contributed by atoms with Crippen LogP contribution in [0.3, 0.4) is 0 Å². The number of rotatable bonds is 8. The van der Waals surface area contributed by atoms with Gasteiger partial charge in [0.25, 0.3) is 0 Å². The number of pyridine rings is 1. The zero-order valence-electron chi connectivity index (χ0n) is 19.2. The molecule has 1 aliphatic heterocycles. The van der Waals surface area contributed by atoms with E-state index in [1.165, 1.54) is 12.1 Å². The van der Waals surface area contributed by atoms with Crippen molar-refractivity contribution in [3.63, 3.8) is 0 Å². The third-order valence-electron chi connectivity index (χ3n) is 6.12. The number of imidazole rings is 1. The summed E-state index contributed by atoms with van der Waals surface area (Å²) >= 11 is 1.61. The van der Waals surface area contributed by atoms with Crippen molar-refractivity contribution in [1.29, 1.82) is 0 Å². The molecule has 5 rings (SSSR count). The second kappa shape index (κ2) is 9.99. The Morgan fingerprint density at radius 1 is 1.06 bits per heavy atom. The molecule has 0 radical (unpaired) electrons. The number of ether oxygens (including phenoxy) is 2. The molecule has 0 bridgehead atoms. The van der Waals surface area contributed by atoms with Crippen molar-refractivity contribution in [3.8, 4) is 28.3 Å². The van der Waals surface area contributed by atoms with Crippen molar-refractivity contribution in [2.75, 3.05) is 20.0 Å². The lowest BCUT2D eigenvalue weighted by Gasteiger charge is -2.18. The maximum Gasteiger partial charge on any atom is 0.123 e. The maximum absolute atomic E-state index is 13.6. The molecule has 0 saturated heterocycles. The van der Waals surface area contributed by atoms with E-state index in [1.807, 2.05) is 42.8 Å². The Hall–Kier alpha value is -3.16. The summed E-state index contributed by atoms with van der Waals surface area (Å²) in [5.41, 5.74) is 4.97. The van der Waals surface area contributed by atoms with Crippen molar-refractivity contribution in [1.82, 2.24) is 14.5 Å². The van der Waals surface area contributed by atoms with Crippen molar-refractivity contribution >= 4 is 11.8 Å². The maximum atomic E-state index is 13.6. The van der Waals surface area contributed by atoms with Crippen LogP contribution in [0.5, 0.6) is 5.75 Å². The number of methoxy groups -OCH3 is 1. The fraction of sp³-hybridized carbons (Fsp3) is 0.259. The smallest absolute Gasteiger partial charge is 0.123 e. The highest BCUT2D eigenvalue weighted by Gasteiger charge is 2.30. The van der Waals surface area contributed by atoms with Gasteiger partial charge in [-0.05, 0) is 66.8 Å². The van der Waals surface area contributed by atoms with Crippen LogP contribution in [-0.4, -0.2) is 34.5 Å². The average Bonchev–Trinajstić information content (AvgIpc) is 3.45. The summed E-state index contributed by atoms with van der Waals surface area (Å²) in [7, 11) is 1.66. The largest absolute Gasteiger partial charge is 0.497 e. The number of halogens is 1. The second-order valence-electron chi connectivity index (χ2n) is 8.24. The van der Waals surface area contributed by atoms with Gasteiger partial charge in [-0.2, -0.15) is 0 Å². The molecule has 0 saturated carbocycles. The molecule has 0 aliphatic carbocycles. The van der Waals surface area contributed by atoms with E-state index in [0.29, 0.717) is 13.2 Å². The number of aryl methyl sites for hydroxylation is 1. The highest BCUT2D eigenvalue weighted by atomic mass is 32.2. The van der Waals surface area contributed by atoms with Gasteiger partial charge in [-0.3, -0.25) is 0 Å². The number of hydrogen-bond donors (Lipinski definition) is 0. The molecule has 3 heterocycles. The molecule has 5 nitrogen and oxygen atoms in total. The summed E-state index contributed by atoms with van der Waals surface area (Å²) in [5, 5.41) is 0.948. The minimum Gasteiger partial charge on any atom is -0.497 e. The second-order valence-corrected chi connectivity index (χ2v) is 9.07. The molecule has 0 N–H and O–H groups in total. The van der Waals surface area contributed by atoms with E-state index >= 15 is 0 Å². The van der Waals surface area contributed by atoms with Crippen molar-refractivity contribution in [2.45, 2.75) is 30.5 Å². The van der Waals surface area contributed by atoms with Gasteiger partial charge in [-0.1, -0.05) is 12.1 Å². The number of benzene rings is 2. The predicted octanol–water partition coefficient (Wildman–Crippen LogP) is 6.19. The van der Waals surface area contributed by atoms with Crippen LogP contribution >= 0.6 is 11.8 Å². The predicted molar refractivity (Wildman–Crippen MR) is 133 cm³/mol. The molecule has 0 amide bonds. The first-order chi connectivity index (χ1) is 16.7. The van der Waals surface area contributed by atoms with E-state index in [9.17, 15) is 4.39 Å². The number of fused-ring (bicyclic) bond motifs is 1. The van der Waals surface area contributed by atoms with E-state index in [2.05, 4.69) is 15.6 Å². The zero-order chi connectivity index (χ0) is 23.5. The fourth-order valence-electron chi connectivity index (χ4n) is 4.42. The summed E-state index contributed by atoms with van der Waals surface area (Å²) in [6.45, 7) is 1.13. The number of aromatic nitrogens is 3. The minimum absolute atomic E-state index is 0.177. The van der Waals surface area contributed by atoms with E-state index < -0.39 is 0 Å². The molecule has 4 aromatic rings. The van der Waals surface area contributed by atoms with Gasteiger partial charge in [0, 0.05) is 23.7 Å². The van der Waals surface area contributed by atoms with Crippen LogP contribution in [0, 0.1) is 5.82 Å². The van der Waals surface area contributed by atoms with Gasteiger partial charge < -0.3 is 14.0 Å². The number of hydrogen-bond acceptors (Lipinski definition) is 5. The molecule has 0 unspecified atom stereocenters. The highest BCUT2D eigenvalue weighted by molar-refractivity contribution is 7.98. The first-order valence-corrected chi connectivity index (χ1v) is 12.5. The Morgan fingerprint density at radius 3 is 2.59 bits per heavy atom. The third kappa shape index (κ3) is 4.58. The Kier molecular flexibility index (Phi) is 6.65. The lowest BCUT2D eigenvalue weighted by atomic mass is 10.0. The minimum atomic E-state index is -0.254. The molecule has 1 atom stereocenters. The molecule has 1 aliphatic rings. The molecule has 7 heteroatoms. The first kappa shape index (κ1) is 22.6. The topological polar surface area (TPSA) is 49.2 Å². The standard InChI is InChI=1S/C27H26FN3O2S/c1-32-23-10-3-18(4-11-23)16-33-17-22-9-12-24-30-26(19-5-7-21(28)8-6-19)27(31(22)24)20-13-14-29-25(15-20)34-2/h3-8,10-11,13-15,22H,9,12,16-17H2,1-2H3/t22-/m0/s1. The van der Waals surface area contributed by atoms with Gasteiger partial charge in [-0.25, -0.2) is 14.4 Å². The van der Waals surface area contributed by atoms with Gasteiger partial charge in [0.05, 0.1) is 42.8 Å². The lowest BCUT2D eigenvalue weighted by Crippen LogP contribution is -2.13. The molecule has 0 spiro atoms. The quantitative estimate of drug-likeness (QED) is 0.285. The Bertz CT molecular complexity index is 1270. The van der Waals surface area contributed by atoms with Crippen LogP contribution in [0.2, 0.25) is 0 Å². The van der Waals surface area contributed by atoms with Crippen LogP contribution in [0.15, 0.2) is 71.9 Å². The summed E-state index contributed by atoms with van der Waals surface area (Å²) < 4.78 is 27.3. The molecule has 34 heavy (non-hydrogen) atoms. The Morgan fingerprint density at radius 2 is 1.85 bits per heavy atom. The molecular weight excluding hydrogens is 449 g/mol. The molecule has 2 aromatic carbocycles. The molecular formula is C27H26FN3O2S. The molecule has 2 aromatic heterocycles. The SMILES string of the molecule is COc1ccc(COC[C@@H]2CCc3nc(-c4ccc(F)cc4)c(-c4ccnc(SC)c4)n32)cc1. The van der Waals surface area contributed by atoms with Crippen LogP contribution in [-0.2, 0) is 17.8 Å². The third-order valence-corrected chi connectivity index (χ3v) is 6.77. The molecule has 0 fully saturated rings.